The summed E-state index contributed by atoms with van der Waals surface area (Å²) in [6.07, 6.45) is 3.68. The van der Waals surface area contributed by atoms with Gasteiger partial charge in [-0.05, 0) is 42.2 Å². The number of carbonyl (C=O) groups excluding carboxylic acids is 1. The molecule has 0 aliphatic carbocycles. The van der Waals surface area contributed by atoms with E-state index in [1.54, 1.807) is 30.3 Å². The van der Waals surface area contributed by atoms with E-state index in [4.69, 9.17) is 27.9 Å². The Bertz CT molecular complexity index is 1130. The number of nitrogens with one attached hydrogen (secondary N) is 2. The summed E-state index contributed by atoms with van der Waals surface area (Å²) >= 11 is 13.4. The minimum absolute atomic E-state index is 0.0662. The van der Waals surface area contributed by atoms with Gasteiger partial charge >= 0.3 is 12.0 Å². The molecule has 0 spiro atoms. The van der Waals surface area contributed by atoms with Crippen LogP contribution in [0.1, 0.15) is 42.4 Å². The third-order valence-corrected chi connectivity index (χ3v) is 6.84. The van der Waals surface area contributed by atoms with Crippen molar-refractivity contribution in [1.29, 1.82) is 0 Å². The average molecular weight is 494 g/mol. The van der Waals surface area contributed by atoms with E-state index in [2.05, 4.69) is 15.6 Å². The SMILES string of the molecule is CCC(C)(C)c1cc(C(=O)O)c(NC(=O)Nc2ccc(Oc3c(Cl)cncc3Cl)cc2)s1. The first-order valence-electron chi connectivity index (χ1n) is 9.63. The van der Waals surface area contributed by atoms with Crippen molar-refractivity contribution in [2.24, 2.45) is 0 Å². The highest BCUT2D eigenvalue weighted by molar-refractivity contribution is 7.16. The van der Waals surface area contributed by atoms with Gasteiger partial charge in [0.1, 0.15) is 20.8 Å². The summed E-state index contributed by atoms with van der Waals surface area (Å²) in [5.41, 5.74) is 0.364. The summed E-state index contributed by atoms with van der Waals surface area (Å²) in [4.78, 5) is 28.9. The molecule has 1 aromatic carbocycles. The Morgan fingerprint density at radius 1 is 1.12 bits per heavy atom. The van der Waals surface area contributed by atoms with Crippen LogP contribution in [0.4, 0.5) is 15.5 Å². The minimum Gasteiger partial charge on any atom is -0.478 e. The number of hydrogen-bond donors (Lipinski definition) is 3. The molecule has 2 aromatic heterocycles. The highest BCUT2D eigenvalue weighted by Gasteiger charge is 2.25. The van der Waals surface area contributed by atoms with Gasteiger partial charge in [-0.1, -0.05) is 44.0 Å². The van der Waals surface area contributed by atoms with Gasteiger partial charge in [0.15, 0.2) is 5.75 Å². The molecule has 0 aliphatic heterocycles. The van der Waals surface area contributed by atoms with Crippen molar-refractivity contribution < 1.29 is 19.4 Å². The van der Waals surface area contributed by atoms with Crippen LogP contribution in [0, 0.1) is 0 Å². The summed E-state index contributed by atoms with van der Waals surface area (Å²) in [6, 6.07) is 7.61. The molecule has 0 atom stereocenters. The quantitative estimate of drug-likeness (QED) is 0.321. The highest BCUT2D eigenvalue weighted by atomic mass is 35.5. The van der Waals surface area contributed by atoms with E-state index in [0.29, 0.717) is 11.4 Å². The summed E-state index contributed by atoms with van der Waals surface area (Å²) in [5.74, 6) is -0.347. The van der Waals surface area contributed by atoms with Gasteiger partial charge in [-0.25, -0.2) is 9.59 Å². The number of hydrogen-bond acceptors (Lipinski definition) is 5. The number of thiophene rings is 1. The van der Waals surface area contributed by atoms with E-state index < -0.39 is 12.0 Å². The maximum atomic E-state index is 12.5. The molecule has 0 radical (unpaired) electrons. The monoisotopic (exact) mass is 493 g/mol. The lowest BCUT2D eigenvalue weighted by molar-refractivity contribution is 0.0698. The third-order valence-electron chi connectivity index (χ3n) is 4.88. The number of ether oxygens (including phenoxy) is 1. The Morgan fingerprint density at radius 2 is 1.75 bits per heavy atom. The number of nitrogens with zero attached hydrogens (tertiary/aromatic N) is 1. The maximum Gasteiger partial charge on any atom is 0.338 e. The van der Waals surface area contributed by atoms with Crippen LogP contribution in [0.15, 0.2) is 42.7 Å². The summed E-state index contributed by atoms with van der Waals surface area (Å²) in [5, 5.41) is 15.7. The smallest absolute Gasteiger partial charge is 0.338 e. The Morgan fingerprint density at radius 3 is 2.31 bits per heavy atom. The van der Waals surface area contributed by atoms with Crippen molar-refractivity contribution in [2.75, 3.05) is 10.6 Å². The molecule has 0 aliphatic rings. The fourth-order valence-electron chi connectivity index (χ4n) is 2.64. The van der Waals surface area contributed by atoms with Gasteiger partial charge in [-0.15, -0.1) is 11.3 Å². The minimum atomic E-state index is -1.09. The van der Waals surface area contributed by atoms with Gasteiger partial charge < -0.3 is 15.2 Å². The second-order valence-corrected chi connectivity index (χ2v) is 9.40. The number of rotatable bonds is 7. The topological polar surface area (TPSA) is 101 Å². The lowest BCUT2D eigenvalue weighted by Gasteiger charge is -2.20. The molecule has 10 heteroatoms. The highest BCUT2D eigenvalue weighted by Crippen LogP contribution is 2.38. The molecule has 2 amide bonds. The molecule has 3 rings (SSSR count). The summed E-state index contributed by atoms with van der Waals surface area (Å²) < 4.78 is 5.69. The van der Waals surface area contributed by atoms with E-state index in [0.717, 1.165) is 11.3 Å². The van der Waals surface area contributed by atoms with Crippen molar-refractivity contribution in [3.05, 3.63) is 63.2 Å². The second kappa shape index (κ2) is 9.77. The zero-order chi connectivity index (χ0) is 23.5. The van der Waals surface area contributed by atoms with Crippen molar-refractivity contribution in [3.8, 4) is 11.5 Å². The van der Waals surface area contributed by atoms with E-state index in [-0.39, 0.29) is 31.8 Å². The van der Waals surface area contributed by atoms with Gasteiger partial charge in [0, 0.05) is 23.0 Å². The van der Waals surface area contributed by atoms with Crippen molar-refractivity contribution in [2.45, 2.75) is 32.6 Å². The standard InChI is InChI=1S/C22H21Cl2N3O4S/c1-4-22(2,3)17-9-14(20(28)29)19(32-17)27-21(30)26-12-5-7-13(8-6-12)31-18-15(23)10-25-11-16(18)24/h5-11H,4H2,1-3H3,(H,28,29)(H2,26,27,30). The molecule has 3 aromatic rings. The Labute approximate surface area is 199 Å². The molecule has 0 unspecified atom stereocenters. The molecule has 0 saturated carbocycles. The largest absolute Gasteiger partial charge is 0.478 e. The molecule has 0 fully saturated rings. The average Bonchev–Trinajstić information content (AvgIpc) is 3.17. The van der Waals surface area contributed by atoms with Gasteiger partial charge in [0.05, 0.1) is 5.56 Å². The first-order chi connectivity index (χ1) is 15.1. The zero-order valence-electron chi connectivity index (χ0n) is 17.5. The van der Waals surface area contributed by atoms with Gasteiger partial charge in [0.25, 0.3) is 0 Å². The van der Waals surface area contributed by atoms with Crippen LogP contribution in [0.3, 0.4) is 0 Å². The lowest BCUT2D eigenvalue weighted by Crippen LogP contribution is -2.19. The first-order valence-corrected chi connectivity index (χ1v) is 11.2. The van der Waals surface area contributed by atoms with Gasteiger partial charge in [-0.3, -0.25) is 10.3 Å². The fraction of sp³-hybridized carbons (Fsp3) is 0.227. The number of urea groups is 1. The van der Waals surface area contributed by atoms with Crippen LogP contribution in [-0.2, 0) is 5.41 Å². The van der Waals surface area contributed by atoms with Gasteiger partial charge in [-0.2, -0.15) is 0 Å². The van der Waals surface area contributed by atoms with Crippen LogP contribution in [0.2, 0.25) is 10.0 Å². The second-order valence-electron chi connectivity index (χ2n) is 7.53. The van der Waals surface area contributed by atoms with E-state index >= 15 is 0 Å². The molecule has 7 nitrogen and oxygen atoms in total. The molecular weight excluding hydrogens is 473 g/mol. The number of carboxylic acids is 1. The summed E-state index contributed by atoms with van der Waals surface area (Å²) in [7, 11) is 0. The van der Waals surface area contributed by atoms with Gasteiger partial charge in [0.2, 0.25) is 0 Å². The number of amides is 2. The lowest BCUT2D eigenvalue weighted by atomic mass is 9.88. The van der Waals surface area contributed by atoms with Crippen molar-refractivity contribution in [1.82, 2.24) is 4.98 Å². The molecule has 0 bridgehead atoms. The molecule has 3 N–H and O–H groups in total. The summed E-state index contributed by atoms with van der Waals surface area (Å²) in [6.45, 7) is 6.10. The van der Waals surface area contributed by atoms with Crippen LogP contribution in [0.25, 0.3) is 0 Å². The van der Waals surface area contributed by atoms with Crippen LogP contribution in [-0.4, -0.2) is 22.1 Å². The number of carboxylic acid groups (broad SMARTS) is 1. The number of carbonyl (C=O) groups is 2. The molecule has 2 heterocycles. The number of halogens is 2. The number of benzene rings is 1. The van der Waals surface area contributed by atoms with Crippen molar-refractivity contribution >= 4 is 57.2 Å². The number of aromatic carboxylic acids is 1. The molecule has 168 valence electrons. The predicted molar refractivity (Wildman–Crippen MR) is 128 cm³/mol. The van der Waals surface area contributed by atoms with Crippen molar-refractivity contribution in [3.63, 3.8) is 0 Å². The van der Waals surface area contributed by atoms with E-state index in [9.17, 15) is 14.7 Å². The third kappa shape index (κ3) is 5.51. The number of aromatic nitrogens is 1. The van der Waals surface area contributed by atoms with E-state index in [1.807, 2.05) is 20.8 Å². The Balaban J connectivity index is 1.70. The first kappa shape index (κ1) is 23.8. The Hall–Kier alpha value is -2.81. The number of anilines is 2. The zero-order valence-corrected chi connectivity index (χ0v) is 19.9. The van der Waals surface area contributed by atoms with E-state index in [1.165, 1.54) is 23.7 Å². The fourth-order valence-corrected chi connectivity index (χ4v) is 4.30. The molecule has 32 heavy (non-hydrogen) atoms. The maximum absolute atomic E-state index is 12.5. The van der Waals surface area contributed by atoms with Crippen LogP contribution < -0.4 is 15.4 Å². The number of pyridine rings is 1. The van der Waals surface area contributed by atoms with Crippen LogP contribution in [0.5, 0.6) is 11.5 Å². The van der Waals surface area contributed by atoms with Crippen LogP contribution >= 0.6 is 34.5 Å². The predicted octanol–water partition coefficient (Wildman–Crippen LogP) is 7.27. The molecular formula is C22H21Cl2N3O4S. The normalized spacial score (nSPS) is 11.2. The Kier molecular flexibility index (Phi) is 7.28. The molecule has 0 saturated heterocycles.